The number of carbonyl (C=O) groups is 4. The molecule has 7 atom stereocenters. The van der Waals surface area contributed by atoms with Gasteiger partial charge in [-0.2, -0.15) is 0 Å². The fourth-order valence-electron chi connectivity index (χ4n) is 3.55. The van der Waals surface area contributed by atoms with E-state index in [1.165, 1.54) is 6.92 Å². The minimum atomic E-state index is -1.24. The lowest BCUT2D eigenvalue weighted by Gasteiger charge is -2.27. The van der Waals surface area contributed by atoms with Crippen LogP contribution in [0.1, 0.15) is 40.0 Å². The summed E-state index contributed by atoms with van der Waals surface area (Å²) >= 11 is 0. The third-order valence-electron chi connectivity index (χ3n) is 5.81. The van der Waals surface area contributed by atoms with E-state index in [0.717, 1.165) is 4.90 Å². The summed E-state index contributed by atoms with van der Waals surface area (Å²) in [5.74, 6) is -3.05. The fraction of sp³-hybridized carbons (Fsp3) is 0.750. The van der Waals surface area contributed by atoms with E-state index in [-0.39, 0.29) is 37.7 Å². The second kappa shape index (κ2) is 13.2. The van der Waals surface area contributed by atoms with Crippen molar-refractivity contribution in [2.45, 2.75) is 82.5 Å². The number of hydrogen-bond acceptors (Lipinski definition) is 10. The number of aliphatic hydroxyl groups excluding tert-OH is 2. The Morgan fingerprint density at radius 1 is 1.06 bits per heavy atom. The second-order valence-corrected chi connectivity index (χ2v) is 9.00. The number of rotatable bonds is 13. The predicted molar refractivity (Wildman–Crippen MR) is 126 cm³/mol. The van der Waals surface area contributed by atoms with Crippen LogP contribution in [0.15, 0.2) is 4.99 Å². The van der Waals surface area contributed by atoms with E-state index < -0.39 is 66.2 Å². The molecule has 0 spiro atoms. The van der Waals surface area contributed by atoms with E-state index in [1.54, 1.807) is 13.8 Å². The van der Waals surface area contributed by atoms with E-state index in [2.05, 4.69) is 15.6 Å². The van der Waals surface area contributed by atoms with Crippen LogP contribution in [-0.2, 0) is 14.4 Å². The first-order valence-electron chi connectivity index (χ1n) is 11.3. The van der Waals surface area contributed by atoms with Gasteiger partial charge in [-0.1, -0.05) is 13.8 Å². The van der Waals surface area contributed by atoms with Crippen LogP contribution < -0.4 is 33.6 Å². The molecule has 0 aromatic carbocycles. The summed E-state index contributed by atoms with van der Waals surface area (Å²) in [5, 5.41) is 34.5. The molecule has 0 aromatic heterocycles. The number of guanidine groups is 1. The van der Waals surface area contributed by atoms with Crippen molar-refractivity contribution < 1.29 is 34.5 Å². The minimum Gasteiger partial charge on any atom is -0.480 e. The van der Waals surface area contributed by atoms with E-state index in [9.17, 15) is 34.5 Å². The third-order valence-corrected chi connectivity index (χ3v) is 5.81. The Kier molecular flexibility index (Phi) is 11.3. The zero-order chi connectivity index (χ0) is 27.0. The molecule has 0 saturated heterocycles. The lowest BCUT2D eigenvalue weighted by atomic mass is 9.96. The Morgan fingerprint density at radius 2 is 1.66 bits per heavy atom. The molecule has 1 heterocycles. The highest BCUT2D eigenvalue weighted by atomic mass is 16.4. The highest BCUT2D eigenvalue weighted by molar-refractivity contribution is 5.96. The van der Waals surface area contributed by atoms with Gasteiger partial charge >= 0.3 is 12.0 Å². The number of aliphatic carboxylic acids is 1. The second-order valence-electron chi connectivity index (χ2n) is 9.00. The highest BCUT2D eigenvalue weighted by Crippen LogP contribution is 2.17. The van der Waals surface area contributed by atoms with Crippen LogP contribution >= 0.6 is 0 Å². The van der Waals surface area contributed by atoms with Crippen LogP contribution in [0.25, 0.3) is 0 Å². The van der Waals surface area contributed by atoms with Crippen LogP contribution in [-0.4, -0.2) is 99.0 Å². The van der Waals surface area contributed by atoms with Gasteiger partial charge in [-0.05, 0) is 32.1 Å². The van der Waals surface area contributed by atoms with Crippen molar-refractivity contribution in [1.82, 2.24) is 15.5 Å². The third kappa shape index (κ3) is 8.61. The largest absolute Gasteiger partial charge is 0.480 e. The molecule has 0 aliphatic carbocycles. The molecular weight excluding hydrogens is 464 g/mol. The maximum atomic E-state index is 12.4. The number of aliphatic hydroxyl groups is 2. The molecule has 0 bridgehead atoms. The number of nitrogens with one attached hydrogen (secondary N) is 2. The SMILES string of the molecule is CC(C)[C@H](NC(=O)[C@H](C)NC(=O)C(N)C(N)CCC(O)C(O)CC1CN=C(N)N1C(N)=O)C(=O)O. The Morgan fingerprint density at radius 3 is 2.17 bits per heavy atom. The number of nitrogens with two attached hydrogens (primary N) is 4. The van der Waals surface area contributed by atoms with Crippen molar-refractivity contribution in [3.63, 3.8) is 0 Å². The van der Waals surface area contributed by atoms with Crippen LogP contribution in [0.5, 0.6) is 0 Å². The van der Waals surface area contributed by atoms with Gasteiger partial charge in [0.15, 0.2) is 5.96 Å². The monoisotopic (exact) mass is 502 g/mol. The molecule has 15 nitrogen and oxygen atoms in total. The molecule has 35 heavy (non-hydrogen) atoms. The van der Waals surface area contributed by atoms with Gasteiger partial charge in [0.2, 0.25) is 11.8 Å². The quantitative estimate of drug-likeness (QED) is 0.119. The number of nitrogens with zero attached hydrogens (tertiary/aromatic N) is 2. The minimum absolute atomic E-state index is 0.00629. The summed E-state index contributed by atoms with van der Waals surface area (Å²) in [5.41, 5.74) is 22.7. The summed E-state index contributed by atoms with van der Waals surface area (Å²) in [6.07, 6.45) is -2.46. The standard InChI is InChI=1S/C20H38N8O7/c1-8(2)15(18(33)34)27-16(31)9(3)26-17(32)14(22)11(21)4-5-12(29)13(30)6-10-7-25-19(23)28(10)20(24)35/h8-15,29-30H,4-7,21-22H2,1-3H3,(H2,23,25)(H2,24,35)(H,26,32)(H,27,31)(H,33,34)/t9-,10?,11?,12?,13?,14?,15-/m0/s1. The van der Waals surface area contributed by atoms with Gasteiger partial charge < -0.3 is 48.9 Å². The Hall–Kier alpha value is -3.01. The molecule has 1 aliphatic rings. The average molecular weight is 503 g/mol. The van der Waals surface area contributed by atoms with Crippen molar-refractivity contribution in [3.8, 4) is 0 Å². The van der Waals surface area contributed by atoms with E-state index >= 15 is 0 Å². The first-order valence-corrected chi connectivity index (χ1v) is 11.3. The lowest BCUT2D eigenvalue weighted by Crippen LogP contribution is -2.57. The van der Waals surface area contributed by atoms with Gasteiger partial charge in [0.25, 0.3) is 0 Å². The van der Waals surface area contributed by atoms with Gasteiger partial charge in [0, 0.05) is 6.04 Å². The molecule has 0 radical (unpaired) electrons. The van der Waals surface area contributed by atoms with E-state index in [0.29, 0.717) is 0 Å². The number of carboxylic acid groups (broad SMARTS) is 1. The maximum Gasteiger partial charge on any atom is 0.326 e. The van der Waals surface area contributed by atoms with Crippen molar-refractivity contribution >= 4 is 29.8 Å². The number of primary amides is 1. The molecule has 1 aliphatic heterocycles. The van der Waals surface area contributed by atoms with Crippen LogP contribution in [0.4, 0.5) is 4.79 Å². The summed E-state index contributed by atoms with van der Waals surface area (Å²) in [6, 6.07) is -5.75. The molecule has 1 rings (SSSR count). The van der Waals surface area contributed by atoms with Gasteiger partial charge in [0.1, 0.15) is 12.1 Å². The molecule has 4 amide bonds. The normalized spacial score (nSPS) is 20.9. The molecule has 13 N–H and O–H groups in total. The van der Waals surface area contributed by atoms with Crippen molar-refractivity contribution in [2.75, 3.05) is 6.54 Å². The number of amides is 4. The van der Waals surface area contributed by atoms with Gasteiger partial charge in [-0.3, -0.25) is 19.5 Å². The predicted octanol–water partition coefficient (Wildman–Crippen LogP) is -3.66. The Balaban J connectivity index is 2.52. The zero-order valence-corrected chi connectivity index (χ0v) is 20.1. The van der Waals surface area contributed by atoms with Crippen molar-refractivity contribution in [3.05, 3.63) is 0 Å². The number of aliphatic imine (C=N–C) groups is 1. The fourth-order valence-corrected chi connectivity index (χ4v) is 3.55. The number of carboxylic acids is 1. The molecule has 200 valence electrons. The van der Waals surface area contributed by atoms with Crippen LogP contribution in [0.3, 0.4) is 0 Å². The summed E-state index contributed by atoms with van der Waals surface area (Å²) < 4.78 is 0. The summed E-state index contributed by atoms with van der Waals surface area (Å²) in [4.78, 5) is 52.3. The lowest BCUT2D eigenvalue weighted by molar-refractivity contribution is -0.143. The molecular formula is C20H38N8O7. The summed E-state index contributed by atoms with van der Waals surface area (Å²) in [6.45, 7) is 4.78. The Bertz CT molecular complexity index is 808. The number of urea groups is 1. The summed E-state index contributed by atoms with van der Waals surface area (Å²) in [7, 11) is 0. The molecule has 0 saturated carbocycles. The topological polar surface area (TPSA) is 273 Å². The molecule has 0 aromatic rings. The zero-order valence-electron chi connectivity index (χ0n) is 20.1. The Labute approximate surface area is 203 Å². The van der Waals surface area contributed by atoms with Crippen molar-refractivity contribution in [1.29, 1.82) is 0 Å². The van der Waals surface area contributed by atoms with E-state index in [4.69, 9.17) is 22.9 Å². The molecule has 5 unspecified atom stereocenters. The van der Waals surface area contributed by atoms with Gasteiger partial charge in [0.05, 0.1) is 30.8 Å². The van der Waals surface area contributed by atoms with Crippen LogP contribution in [0.2, 0.25) is 0 Å². The smallest absolute Gasteiger partial charge is 0.326 e. The van der Waals surface area contributed by atoms with Gasteiger partial charge in [-0.15, -0.1) is 0 Å². The van der Waals surface area contributed by atoms with E-state index in [1.807, 2.05) is 0 Å². The van der Waals surface area contributed by atoms with Gasteiger partial charge in [-0.25, -0.2) is 9.59 Å². The van der Waals surface area contributed by atoms with Crippen molar-refractivity contribution in [2.24, 2.45) is 33.8 Å². The first kappa shape index (κ1) is 30.0. The number of carbonyl (C=O) groups excluding carboxylic acids is 3. The maximum absolute atomic E-state index is 12.4. The highest BCUT2D eigenvalue weighted by Gasteiger charge is 2.34. The molecule has 15 heteroatoms. The molecule has 0 fully saturated rings. The average Bonchev–Trinajstić information content (AvgIpc) is 3.13. The first-order chi connectivity index (χ1) is 16.2. The van der Waals surface area contributed by atoms with Crippen LogP contribution in [0, 0.1) is 5.92 Å². The number of hydrogen-bond donors (Lipinski definition) is 9.